The van der Waals surface area contributed by atoms with Crippen LogP contribution in [0.15, 0.2) is 23.2 Å². The van der Waals surface area contributed by atoms with E-state index in [0.29, 0.717) is 5.92 Å². The fourth-order valence-electron chi connectivity index (χ4n) is 2.08. The molecule has 0 radical (unpaired) electrons. The highest BCUT2D eigenvalue weighted by atomic mass is 32.2. The molecule has 1 aliphatic rings. The standard InChI is InChI=1S/C12H17N3O2S2/c1-12(2,8-5-6-8)15-19(16,17)9-4-3-7-14-10(9)11(13)18/h3-4,7-8,15H,5-6H2,1-2H3,(H2,13,18). The number of thiocarbonyl (C=S) groups is 1. The average Bonchev–Trinajstić information content (AvgIpc) is 3.11. The predicted molar refractivity (Wildman–Crippen MR) is 77.2 cm³/mol. The van der Waals surface area contributed by atoms with Gasteiger partial charge in [-0.3, -0.25) is 4.98 Å². The number of nitrogens with two attached hydrogens (primary N) is 1. The second kappa shape index (κ2) is 4.81. The van der Waals surface area contributed by atoms with E-state index in [9.17, 15) is 8.42 Å². The van der Waals surface area contributed by atoms with Gasteiger partial charge in [0.15, 0.2) is 0 Å². The molecular formula is C12H17N3O2S2. The number of rotatable bonds is 5. The lowest BCUT2D eigenvalue weighted by atomic mass is 10.0. The lowest BCUT2D eigenvalue weighted by molar-refractivity contribution is 0.400. The van der Waals surface area contributed by atoms with E-state index in [1.807, 2.05) is 13.8 Å². The average molecular weight is 299 g/mol. The molecule has 0 aliphatic heterocycles. The third kappa shape index (κ3) is 3.10. The summed E-state index contributed by atoms with van der Waals surface area (Å²) in [6, 6.07) is 3.02. The van der Waals surface area contributed by atoms with E-state index in [0.717, 1.165) is 12.8 Å². The number of hydrogen-bond acceptors (Lipinski definition) is 4. The SMILES string of the molecule is CC(C)(NS(=O)(=O)c1cccnc1C(N)=S)C1CC1. The summed E-state index contributed by atoms with van der Waals surface area (Å²) in [5.41, 5.74) is 5.19. The normalized spacial score (nSPS) is 16.3. The minimum absolute atomic E-state index is 0.0230. The van der Waals surface area contributed by atoms with Gasteiger partial charge in [-0.2, -0.15) is 0 Å². The molecule has 7 heteroatoms. The maximum Gasteiger partial charge on any atom is 0.243 e. The minimum atomic E-state index is -3.68. The van der Waals surface area contributed by atoms with Gasteiger partial charge in [-0.25, -0.2) is 13.1 Å². The van der Waals surface area contributed by atoms with E-state index in [2.05, 4.69) is 9.71 Å². The molecule has 3 N–H and O–H groups in total. The van der Waals surface area contributed by atoms with Gasteiger partial charge in [0, 0.05) is 11.7 Å². The van der Waals surface area contributed by atoms with Gasteiger partial charge in [-0.05, 0) is 44.7 Å². The Hall–Kier alpha value is -1.05. The van der Waals surface area contributed by atoms with Crippen molar-refractivity contribution in [3.63, 3.8) is 0 Å². The molecule has 104 valence electrons. The monoisotopic (exact) mass is 299 g/mol. The van der Waals surface area contributed by atoms with Gasteiger partial charge in [0.25, 0.3) is 0 Å². The Labute approximate surface area is 118 Å². The van der Waals surface area contributed by atoms with Gasteiger partial charge in [-0.15, -0.1) is 0 Å². The molecule has 5 nitrogen and oxygen atoms in total. The first-order valence-corrected chi connectivity index (χ1v) is 7.92. The van der Waals surface area contributed by atoms with Crippen molar-refractivity contribution in [1.82, 2.24) is 9.71 Å². The van der Waals surface area contributed by atoms with Crippen LogP contribution in [0.3, 0.4) is 0 Å². The van der Waals surface area contributed by atoms with Crippen LogP contribution in [0, 0.1) is 5.92 Å². The van der Waals surface area contributed by atoms with E-state index in [4.69, 9.17) is 18.0 Å². The van der Waals surface area contributed by atoms with Crippen LogP contribution in [-0.4, -0.2) is 23.9 Å². The second-order valence-corrected chi connectivity index (χ2v) is 7.41. The minimum Gasteiger partial charge on any atom is -0.388 e. The van der Waals surface area contributed by atoms with Crippen molar-refractivity contribution >= 4 is 27.2 Å². The topological polar surface area (TPSA) is 85.1 Å². The van der Waals surface area contributed by atoms with E-state index in [1.54, 1.807) is 6.07 Å². The molecule has 1 saturated carbocycles. The molecule has 1 heterocycles. The molecule has 0 atom stereocenters. The van der Waals surface area contributed by atoms with Crippen molar-refractivity contribution in [1.29, 1.82) is 0 Å². The molecule has 1 aromatic heterocycles. The molecular weight excluding hydrogens is 282 g/mol. The Bertz CT molecular complexity index is 607. The zero-order chi connectivity index (χ0) is 14.3. The Morgan fingerprint density at radius 2 is 2.16 bits per heavy atom. The quantitative estimate of drug-likeness (QED) is 0.798. The maximum absolute atomic E-state index is 12.4. The van der Waals surface area contributed by atoms with Gasteiger partial charge in [0.05, 0.1) is 0 Å². The number of sulfonamides is 1. The highest BCUT2D eigenvalue weighted by Crippen LogP contribution is 2.40. The first-order chi connectivity index (χ1) is 8.74. The molecule has 0 bridgehead atoms. The Morgan fingerprint density at radius 1 is 1.53 bits per heavy atom. The molecule has 19 heavy (non-hydrogen) atoms. The second-order valence-electron chi connectivity index (χ2n) is 5.32. The Kier molecular flexibility index (Phi) is 3.63. The number of hydrogen-bond donors (Lipinski definition) is 2. The summed E-state index contributed by atoms with van der Waals surface area (Å²) < 4.78 is 27.6. The summed E-state index contributed by atoms with van der Waals surface area (Å²) >= 11 is 4.85. The van der Waals surface area contributed by atoms with Crippen molar-refractivity contribution in [2.24, 2.45) is 11.7 Å². The molecule has 1 aromatic rings. The first-order valence-electron chi connectivity index (χ1n) is 6.03. The van der Waals surface area contributed by atoms with Gasteiger partial charge in [0.1, 0.15) is 15.6 Å². The number of nitrogens with zero attached hydrogens (tertiary/aromatic N) is 1. The Morgan fingerprint density at radius 3 is 2.68 bits per heavy atom. The molecule has 0 spiro atoms. The van der Waals surface area contributed by atoms with Crippen LogP contribution in [-0.2, 0) is 10.0 Å². The largest absolute Gasteiger partial charge is 0.388 e. The molecule has 0 aromatic carbocycles. The van der Waals surface area contributed by atoms with Crippen molar-refractivity contribution in [3.8, 4) is 0 Å². The molecule has 1 aliphatic carbocycles. The smallest absolute Gasteiger partial charge is 0.243 e. The maximum atomic E-state index is 12.4. The van der Waals surface area contributed by atoms with Crippen molar-refractivity contribution in [2.45, 2.75) is 37.1 Å². The summed E-state index contributed by atoms with van der Waals surface area (Å²) in [5.74, 6) is 0.382. The molecule has 2 rings (SSSR count). The van der Waals surface area contributed by atoms with Crippen molar-refractivity contribution in [2.75, 3.05) is 0 Å². The summed E-state index contributed by atoms with van der Waals surface area (Å²) in [6.07, 6.45) is 3.56. The zero-order valence-corrected chi connectivity index (χ0v) is 12.5. The summed E-state index contributed by atoms with van der Waals surface area (Å²) in [4.78, 5) is 3.96. The van der Waals surface area contributed by atoms with Gasteiger partial charge >= 0.3 is 0 Å². The lowest BCUT2D eigenvalue weighted by Gasteiger charge is -2.26. The first kappa shape index (κ1) is 14.4. The molecule has 0 amide bonds. The zero-order valence-electron chi connectivity index (χ0n) is 10.9. The molecule has 1 fully saturated rings. The van der Waals surface area contributed by atoms with Crippen molar-refractivity contribution < 1.29 is 8.42 Å². The van der Waals surface area contributed by atoms with E-state index in [-0.39, 0.29) is 15.6 Å². The van der Waals surface area contributed by atoms with E-state index in [1.165, 1.54) is 12.3 Å². The molecule has 0 saturated heterocycles. The summed E-state index contributed by atoms with van der Waals surface area (Å²) in [7, 11) is -3.68. The van der Waals surface area contributed by atoms with Gasteiger partial charge < -0.3 is 5.73 Å². The van der Waals surface area contributed by atoms with E-state index >= 15 is 0 Å². The fourth-order valence-corrected chi connectivity index (χ4v) is 3.95. The summed E-state index contributed by atoms with van der Waals surface area (Å²) in [5, 5.41) is 0. The predicted octanol–water partition coefficient (Wildman–Crippen LogP) is 1.18. The van der Waals surface area contributed by atoms with Crippen LogP contribution < -0.4 is 10.5 Å². The van der Waals surface area contributed by atoms with Crippen LogP contribution in [0.25, 0.3) is 0 Å². The van der Waals surface area contributed by atoms with Crippen LogP contribution >= 0.6 is 12.2 Å². The highest BCUT2D eigenvalue weighted by molar-refractivity contribution is 7.89. The van der Waals surface area contributed by atoms with Crippen LogP contribution in [0.4, 0.5) is 0 Å². The number of nitrogens with one attached hydrogen (secondary N) is 1. The van der Waals surface area contributed by atoms with Gasteiger partial charge in [0.2, 0.25) is 10.0 Å². The van der Waals surface area contributed by atoms with Crippen LogP contribution in [0.5, 0.6) is 0 Å². The number of aromatic nitrogens is 1. The van der Waals surface area contributed by atoms with Crippen LogP contribution in [0.1, 0.15) is 32.4 Å². The highest BCUT2D eigenvalue weighted by Gasteiger charge is 2.41. The Balaban J connectivity index is 2.37. The summed E-state index contributed by atoms with van der Waals surface area (Å²) in [6.45, 7) is 3.78. The van der Waals surface area contributed by atoms with Gasteiger partial charge in [-0.1, -0.05) is 12.2 Å². The number of pyridine rings is 1. The van der Waals surface area contributed by atoms with E-state index < -0.39 is 15.6 Å². The lowest BCUT2D eigenvalue weighted by Crippen LogP contribution is -2.45. The molecule has 0 unspecified atom stereocenters. The van der Waals surface area contributed by atoms with Crippen molar-refractivity contribution in [3.05, 3.63) is 24.0 Å². The third-order valence-electron chi connectivity index (χ3n) is 3.29. The fraction of sp³-hybridized carbons (Fsp3) is 0.500. The van der Waals surface area contributed by atoms with Crippen LogP contribution in [0.2, 0.25) is 0 Å². The third-order valence-corrected chi connectivity index (χ3v) is 5.19.